The first-order chi connectivity index (χ1) is 14.5. The zero-order chi connectivity index (χ0) is 21.1. The summed E-state index contributed by atoms with van der Waals surface area (Å²) < 4.78 is 11.0. The van der Waals surface area contributed by atoms with Crippen LogP contribution in [0.3, 0.4) is 0 Å². The molecular formula is C22H23N3O4S. The number of anilines is 1. The highest BCUT2D eigenvalue weighted by atomic mass is 32.1. The van der Waals surface area contributed by atoms with Crippen molar-refractivity contribution in [3.63, 3.8) is 0 Å². The van der Waals surface area contributed by atoms with E-state index in [-0.39, 0.29) is 24.9 Å². The number of aryl methyl sites for hydroxylation is 1. The summed E-state index contributed by atoms with van der Waals surface area (Å²) in [5, 5.41) is 5.88. The van der Waals surface area contributed by atoms with Crippen LogP contribution in [0.15, 0.2) is 46.4 Å². The van der Waals surface area contributed by atoms with Crippen LogP contribution in [0.2, 0.25) is 0 Å². The predicted octanol–water partition coefficient (Wildman–Crippen LogP) is 3.79. The summed E-state index contributed by atoms with van der Waals surface area (Å²) in [6.45, 7) is 3.98. The van der Waals surface area contributed by atoms with Gasteiger partial charge < -0.3 is 14.5 Å². The minimum atomic E-state index is -0.656. The van der Waals surface area contributed by atoms with E-state index in [9.17, 15) is 9.59 Å². The number of benzene rings is 1. The molecular weight excluding hydrogens is 402 g/mol. The third-order valence-corrected chi connectivity index (χ3v) is 5.73. The fourth-order valence-electron chi connectivity index (χ4n) is 3.30. The van der Waals surface area contributed by atoms with Crippen LogP contribution >= 0.6 is 11.3 Å². The number of carbonyl (C=O) groups is 2. The second-order valence-electron chi connectivity index (χ2n) is 7.10. The number of nitrogens with zero attached hydrogens (tertiary/aromatic N) is 2. The van der Waals surface area contributed by atoms with Gasteiger partial charge in [0.1, 0.15) is 18.1 Å². The monoisotopic (exact) mass is 425 g/mol. The van der Waals surface area contributed by atoms with Gasteiger partial charge in [-0.2, -0.15) is 0 Å². The number of carbonyl (C=O) groups excluding carboxylic acids is 2. The predicted molar refractivity (Wildman–Crippen MR) is 115 cm³/mol. The number of rotatable bonds is 7. The van der Waals surface area contributed by atoms with E-state index in [1.165, 1.54) is 4.90 Å². The number of thiazole rings is 1. The summed E-state index contributed by atoms with van der Waals surface area (Å²) >= 11 is 1.63. The summed E-state index contributed by atoms with van der Waals surface area (Å²) in [5.74, 6) is 0.703. The quantitative estimate of drug-likeness (QED) is 0.623. The maximum atomic E-state index is 12.8. The molecule has 2 amide bonds. The molecule has 1 N–H and O–H groups in total. The van der Waals surface area contributed by atoms with Crippen molar-refractivity contribution in [2.24, 2.45) is 0 Å². The van der Waals surface area contributed by atoms with E-state index in [2.05, 4.69) is 17.2 Å². The van der Waals surface area contributed by atoms with Crippen LogP contribution in [0.25, 0.3) is 11.3 Å². The van der Waals surface area contributed by atoms with Crippen molar-refractivity contribution in [2.75, 3.05) is 11.4 Å². The molecule has 7 nitrogen and oxygen atoms in total. The molecule has 3 aromatic rings. The minimum absolute atomic E-state index is 0.0954. The van der Waals surface area contributed by atoms with E-state index in [1.807, 2.05) is 23.6 Å². The maximum absolute atomic E-state index is 12.8. The summed E-state index contributed by atoms with van der Waals surface area (Å²) in [6, 6.07) is 9.17. The first kappa shape index (κ1) is 20.2. The summed E-state index contributed by atoms with van der Waals surface area (Å²) in [5.41, 5.74) is 2.33. The average molecular weight is 426 g/mol. The lowest BCUT2D eigenvalue weighted by Crippen LogP contribution is -2.48. The van der Waals surface area contributed by atoms with E-state index in [1.54, 1.807) is 36.7 Å². The van der Waals surface area contributed by atoms with Gasteiger partial charge in [0.15, 0.2) is 6.10 Å². The van der Waals surface area contributed by atoms with Gasteiger partial charge in [-0.3, -0.25) is 14.5 Å². The van der Waals surface area contributed by atoms with Crippen molar-refractivity contribution < 1.29 is 18.7 Å². The number of ether oxygens (including phenoxy) is 1. The van der Waals surface area contributed by atoms with Gasteiger partial charge in [-0.1, -0.05) is 6.92 Å². The molecule has 30 heavy (non-hydrogen) atoms. The Hall–Kier alpha value is -3.13. The van der Waals surface area contributed by atoms with Gasteiger partial charge in [-0.25, -0.2) is 4.98 Å². The SMILES string of the molecule is CCCc1nc(-c2ccc3c(c2)N(CC(=O)NCc2ccco2)C(=O)C(C)O3)cs1. The van der Waals surface area contributed by atoms with Crippen LogP contribution in [0.1, 0.15) is 31.0 Å². The molecule has 0 radical (unpaired) electrons. The highest BCUT2D eigenvalue weighted by molar-refractivity contribution is 7.09. The van der Waals surface area contributed by atoms with E-state index < -0.39 is 6.10 Å². The van der Waals surface area contributed by atoms with Crippen LogP contribution in [0, 0.1) is 0 Å². The fraction of sp³-hybridized carbons (Fsp3) is 0.318. The van der Waals surface area contributed by atoms with Gasteiger partial charge in [0.25, 0.3) is 5.91 Å². The standard InChI is InChI=1S/C22H23N3O4S/c1-3-5-21-24-17(13-30-21)15-7-8-19-18(10-15)25(22(27)14(2)29-19)12-20(26)23-11-16-6-4-9-28-16/h4,6-10,13-14H,3,5,11-12H2,1-2H3,(H,23,26). The molecule has 0 saturated heterocycles. The van der Waals surface area contributed by atoms with Gasteiger partial charge in [0.05, 0.1) is 29.2 Å². The van der Waals surface area contributed by atoms with Gasteiger partial charge in [-0.05, 0) is 50.1 Å². The Bertz CT molecular complexity index is 1040. The molecule has 0 saturated carbocycles. The van der Waals surface area contributed by atoms with Crippen LogP contribution in [-0.4, -0.2) is 29.4 Å². The molecule has 1 aromatic carbocycles. The molecule has 1 aliphatic heterocycles. The second-order valence-corrected chi connectivity index (χ2v) is 8.04. The molecule has 3 heterocycles. The summed E-state index contributed by atoms with van der Waals surface area (Å²) in [6.07, 6.45) is 2.88. The smallest absolute Gasteiger partial charge is 0.268 e. The van der Waals surface area contributed by atoms with Crippen molar-refractivity contribution in [2.45, 2.75) is 39.3 Å². The van der Waals surface area contributed by atoms with E-state index in [4.69, 9.17) is 9.15 Å². The summed E-state index contributed by atoms with van der Waals surface area (Å²) in [4.78, 5) is 31.4. The Morgan fingerprint density at radius 2 is 2.20 bits per heavy atom. The number of nitrogens with one attached hydrogen (secondary N) is 1. The molecule has 0 spiro atoms. The largest absolute Gasteiger partial charge is 0.479 e. The number of hydrogen-bond donors (Lipinski definition) is 1. The van der Waals surface area contributed by atoms with Crippen molar-refractivity contribution in [3.8, 4) is 17.0 Å². The minimum Gasteiger partial charge on any atom is -0.479 e. The molecule has 8 heteroatoms. The number of amides is 2. The molecule has 0 aliphatic carbocycles. The molecule has 0 bridgehead atoms. The van der Waals surface area contributed by atoms with Crippen LogP contribution in [0.5, 0.6) is 5.75 Å². The zero-order valence-corrected chi connectivity index (χ0v) is 17.7. The van der Waals surface area contributed by atoms with Crippen molar-refractivity contribution in [3.05, 3.63) is 52.7 Å². The van der Waals surface area contributed by atoms with Crippen molar-refractivity contribution >= 4 is 28.8 Å². The maximum Gasteiger partial charge on any atom is 0.268 e. The topological polar surface area (TPSA) is 84.7 Å². The van der Waals surface area contributed by atoms with Crippen molar-refractivity contribution in [1.29, 1.82) is 0 Å². The number of hydrogen-bond acceptors (Lipinski definition) is 6. The lowest BCUT2D eigenvalue weighted by atomic mass is 10.1. The lowest BCUT2D eigenvalue weighted by molar-refractivity contribution is -0.128. The third-order valence-electron chi connectivity index (χ3n) is 4.82. The van der Waals surface area contributed by atoms with Crippen molar-refractivity contribution in [1.82, 2.24) is 10.3 Å². The first-order valence-electron chi connectivity index (χ1n) is 9.91. The van der Waals surface area contributed by atoms with Crippen LogP contribution in [0.4, 0.5) is 5.69 Å². The van der Waals surface area contributed by atoms with Gasteiger partial charge in [0.2, 0.25) is 5.91 Å². The molecule has 4 rings (SSSR count). The number of fused-ring (bicyclic) bond motifs is 1. The Morgan fingerprint density at radius 3 is 2.97 bits per heavy atom. The van der Waals surface area contributed by atoms with Crippen LogP contribution in [-0.2, 0) is 22.6 Å². The van der Waals surface area contributed by atoms with Gasteiger partial charge in [0, 0.05) is 10.9 Å². The molecule has 1 atom stereocenters. The highest BCUT2D eigenvalue weighted by Crippen LogP contribution is 2.37. The summed E-state index contributed by atoms with van der Waals surface area (Å²) in [7, 11) is 0. The Balaban J connectivity index is 1.56. The molecule has 2 aromatic heterocycles. The molecule has 0 fully saturated rings. The Kier molecular flexibility index (Phi) is 5.85. The lowest BCUT2D eigenvalue weighted by Gasteiger charge is -2.32. The normalized spacial score (nSPS) is 15.6. The number of aromatic nitrogens is 1. The second kappa shape index (κ2) is 8.71. The highest BCUT2D eigenvalue weighted by Gasteiger charge is 2.33. The van der Waals surface area contributed by atoms with Crippen LogP contribution < -0.4 is 15.0 Å². The number of furan rings is 1. The van der Waals surface area contributed by atoms with Gasteiger partial charge >= 0.3 is 0 Å². The Labute approximate surface area is 178 Å². The Morgan fingerprint density at radius 1 is 1.33 bits per heavy atom. The zero-order valence-electron chi connectivity index (χ0n) is 16.9. The van der Waals surface area contributed by atoms with E-state index >= 15 is 0 Å². The van der Waals surface area contributed by atoms with E-state index in [0.29, 0.717) is 17.2 Å². The molecule has 1 aliphatic rings. The molecule has 1 unspecified atom stereocenters. The average Bonchev–Trinajstić information content (AvgIpc) is 3.42. The first-order valence-corrected chi connectivity index (χ1v) is 10.8. The third kappa shape index (κ3) is 4.23. The fourth-order valence-corrected chi connectivity index (χ4v) is 4.21. The van der Waals surface area contributed by atoms with Gasteiger partial charge in [-0.15, -0.1) is 11.3 Å². The molecule has 156 valence electrons. The van der Waals surface area contributed by atoms with E-state index in [0.717, 1.165) is 29.1 Å².